The quantitative estimate of drug-likeness (QED) is 0.681. The zero-order chi connectivity index (χ0) is 19.0. The van der Waals surface area contributed by atoms with E-state index in [1.54, 1.807) is 0 Å². The minimum Gasteiger partial charge on any atom is -0.352 e. The van der Waals surface area contributed by atoms with Gasteiger partial charge in [-0.25, -0.2) is 0 Å². The van der Waals surface area contributed by atoms with Crippen LogP contribution in [-0.4, -0.2) is 26.1 Å². The SMILES string of the molecule is CCN1C(=S)NC(c2ccccn2)C1c1cccn1-c1ccc(C)c(C)c1. The predicted octanol–water partition coefficient (Wildman–Crippen LogP) is 4.48. The van der Waals surface area contributed by atoms with E-state index in [2.05, 4.69) is 83.1 Å². The lowest BCUT2D eigenvalue weighted by molar-refractivity contribution is 0.321. The molecular weight excluding hydrogens is 352 g/mol. The molecule has 1 aromatic carbocycles. The highest BCUT2D eigenvalue weighted by molar-refractivity contribution is 7.80. The van der Waals surface area contributed by atoms with Crippen molar-refractivity contribution < 1.29 is 0 Å². The van der Waals surface area contributed by atoms with Crippen molar-refractivity contribution in [3.63, 3.8) is 0 Å². The molecule has 1 N–H and O–H groups in total. The molecule has 1 fully saturated rings. The smallest absolute Gasteiger partial charge is 0.170 e. The minimum atomic E-state index is 0.0267. The largest absolute Gasteiger partial charge is 0.352 e. The first-order chi connectivity index (χ1) is 13.1. The van der Waals surface area contributed by atoms with Crippen LogP contribution >= 0.6 is 12.2 Å². The molecule has 1 aliphatic rings. The molecular formula is C22H24N4S. The minimum absolute atomic E-state index is 0.0267. The molecule has 2 unspecified atom stereocenters. The Bertz CT molecular complexity index is 963. The number of hydrogen-bond acceptors (Lipinski definition) is 2. The Hall–Kier alpha value is -2.66. The standard InChI is InChI=1S/C22H24N4S/c1-4-25-21(20(24-22(25)27)18-8-5-6-12-23-18)19-9-7-13-26(19)17-11-10-15(2)16(3)14-17/h5-14,20-21H,4H2,1-3H3,(H,24,27). The molecule has 0 aliphatic carbocycles. The van der Waals surface area contributed by atoms with Crippen LogP contribution < -0.4 is 5.32 Å². The van der Waals surface area contributed by atoms with Crippen molar-refractivity contribution in [2.75, 3.05) is 6.54 Å². The lowest BCUT2D eigenvalue weighted by atomic mass is 10.0. The second kappa shape index (κ2) is 7.16. The van der Waals surface area contributed by atoms with Crippen LogP contribution in [0.5, 0.6) is 0 Å². The summed E-state index contributed by atoms with van der Waals surface area (Å²) in [5, 5.41) is 4.27. The maximum absolute atomic E-state index is 5.64. The zero-order valence-corrected chi connectivity index (χ0v) is 16.7. The Morgan fingerprint density at radius 3 is 2.63 bits per heavy atom. The zero-order valence-electron chi connectivity index (χ0n) is 15.9. The van der Waals surface area contributed by atoms with Crippen LogP contribution in [0, 0.1) is 13.8 Å². The van der Waals surface area contributed by atoms with Gasteiger partial charge in [0.15, 0.2) is 5.11 Å². The van der Waals surface area contributed by atoms with Crippen molar-refractivity contribution in [2.24, 2.45) is 0 Å². The first-order valence-electron chi connectivity index (χ1n) is 9.33. The number of aromatic nitrogens is 2. The van der Waals surface area contributed by atoms with Crippen LogP contribution in [0.25, 0.3) is 5.69 Å². The number of likely N-dealkylation sites (N-methyl/N-ethyl adjacent to an activating group) is 1. The van der Waals surface area contributed by atoms with Crippen LogP contribution in [0.3, 0.4) is 0 Å². The molecule has 0 radical (unpaired) electrons. The highest BCUT2D eigenvalue weighted by Crippen LogP contribution is 2.39. The third kappa shape index (κ3) is 3.12. The molecule has 3 aromatic rings. The van der Waals surface area contributed by atoms with E-state index in [-0.39, 0.29) is 12.1 Å². The van der Waals surface area contributed by atoms with E-state index in [1.807, 2.05) is 18.3 Å². The van der Waals surface area contributed by atoms with Gasteiger partial charge in [0.1, 0.15) is 0 Å². The van der Waals surface area contributed by atoms with Crippen molar-refractivity contribution in [3.8, 4) is 5.69 Å². The molecule has 138 valence electrons. The topological polar surface area (TPSA) is 33.1 Å². The van der Waals surface area contributed by atoms with E-state index in [0.717, 1.165) is 17.4 Å². The van der Waals surface area contributed by atoms with Gasteiger partial charge in [-0.1, -0.05) is 12.1 Å². The van der Waals surface area contributed by atoms with E-state index in [1.165, 1.54) is 22.5 Å². The van der Waals surface area contributed by atoms with E-state index in [9.17, 15) is 0 Å². The molecule has 2 atom stereocenters. The third-order valence-corrected chi connectivity index (χ3v) is 5.74. The number of pyridine rings is 1. The first kappa shape index (κ1) is 17.7. The Kier molecular flexibility index (Phi) is 4.70. The number of rotatable bonds is 4. The maximum atomic E-state index is 5.64. The van der Waals surface area contributed by atoms with Gasteiger partial charge in [0.25, 0.3) is 0 Å². The van der Waals surface area contributed by atoms with Crippen LogP contribution in [0.4, 0.5) is 0 Å². The molecule has 5 heteroatoms. The lowest BCUT2D eigenvalue weighted by Crippen LogP contribution is -2.30. The normalized spacial score (nSPS) is 19.4. The molecule has 1 aliphatic heterocycles. The number of hydrogen-bond donors (Lipinski definition) is 1. The Balaban J connectivity index is 1.81. The Morgan fingerprint density at radius 2 is 1.93 bits per heavy atom. The summed E-state index contributed by atoms with van der Waals surface area (Å²) in [6, 6.07) is 17.1. The number of thiocarbonyl (C=S) groups is 1. The highest BCUT2D eigenvalue weighted by Gasteiger charge is 2.40. The molecule has 0 bridgehead atoms. The van der Waals surface area contributed by atoms with Gasteiger partial charge in [-0.05, 0) is 80.5 Å². The summed E-state index contributed by atoms with van der Waals surface area (Å²) in [5.41, 5.74) is 5.99. The molecule has 2 aromatic heterocycles. The summed E-state index contributed by atoms with van der Waals surface area (Å²) in [6.07, 6.45) is 3.97. The highest BCUT2D eigenvalue weighted by atomic mass is 32.1. The number of aryl methyl sites for hydroxylation is 2. The molecule has 4 rings (SSSR count). The summed E-state index contributed by atoms with van der Waals surface area (Å²) in [5.74, 6) is 0. The average molecular weight is 377 g/mol. The summed E-state index contributed by atoms with van der Waals surface area (Å²) < 4.78 is 2.27. The molecule has 1 saturated heterocycles. The maximum Gasteiger partial charge on any atom is 0.170 e. The predicted molar refractivity (Wildman–Crippen MR) is 113 cm³/mol. The molecule has 3 heterocycles. The summed E-state index contributed by atoms with van der Waals surface area (Å²) in [7, 11) is 0. The van der Waals surface area contributed by atoms with Crippen molar-refractivity contribution in [1.82, 2.24) is 19.8 Å². The van der Waals surface area contributed by atoms with Crippen LogP contribution in [0.1, 0.15) is 41.5 Å². The lowest BCUT2D eigenvalue weighted by Gasteiger charge is -2.28. The summed E-state index contributed by atoms with van der Waals surface area (Å²) in [4.78, 5) is 6.85. The first-order valence-corrected chi connectivity index (χ1v) is 9.74. The second-order valence-electron chi connectivity index (χ2n) is 6.98. The fourth-order valence-corrected chi connectivity index (χ4v) is 4.18. The van der Waals surface area contributed by atoms with Gasteiger partial charge in [-0.3, -0.25) is 4.98 Å². The third-order valence-electron chi connectivity index (χ3n) is 5.39. The van der Waals surface area contributed by atoms with Gasteiger partial charge in [-0.2, -0.15) is 0 Å². The molecule has 0 saturated carbocycles. The summed E-state index contributed by atoms with van der Waals surface area (Å²) >= 11 is 5.64. The van der Waals surface area contributed by atoms with Crippen molar-refractivity contribution >= 4 is 17.3 Å². The fraction of sp³-hybridized carbons (Fsp3) is 0.273. The van der Waals surface area contributed by atoms with Gasteiger partial charge in [0.2, 0.25) is 0 Å². The van der Waals surface area contributed by atoms with E-state index >= 15 is 0 Å². The molecule has 0 spiro atoms. The number of nitrogens with one attached hydrogen (secondary N) is 1. The Morgan fingerprint density at radius 1 is 1.07 bits per heavy atom. The average Bonchev–Trinajstić information content (AvgIpc) is 3.28. The fourth-order valence-electron chi connectivity index (χ4n) is 3.81. The molecule has 0 amide bonds. The van der Waals surface area contributed by atoms with E-state index < -0.39 is 0 Å². The van der Waals surface area contributed by atoms with E-state index in [4.69, 9.17) is 12.2 Å². The van der Waals surface area contributed by atoms with Gasteiger partial charge >= 0.3 is 0 Å². The van der Waals surface area contributed by atoms with Crippen molar-refractivity contribution in [1.29, 1.82) is 0 Å². The number of benzene rings is 1. The van der Waals surface area contributed by atoms with E-state index in [0.29, 0.717) is 0 Å². The van der Waals surface area contributed by atoms with Crippen LogP contribution in [0.2, 0.25) is 0 Å². The van der Waals surface area contributed by atoms with Gasteiger partial charge < -0.3 is 14.8 Å². The van der Waals surface area contributed by atoms with Crippen molar-refractivity contribution in [3.05, 3.63) is 83.4 Å². The van der Waals surface area contributed by atoms with Gasteiger partial charge in [-0.15, -0.1) is 0 Å². The van der Waals surface area contributed by atoms with Crippen molar-refractivity contribution in [2.45, 2.75) is 32.9 Å². The molecule has 27 heavy (non-hydrogen) atoms. The summed E-state index contributed by atoms with van der Waals surface area (Å²) in [6.45, 7) is 7.29. The second-order valence-corrected chi connectivity index (χ2v) is 7.37. The Labute approximate surface area is 165 Å². The monoisotopic (exact) mass is 376 g/mol. The number of nitrogens with zero attached hydrogens (tertiary/aromatic N) is 3. The van der Waals surface area contributed by atoms with Crippen LogP contribution in [0.15, 0.2) is 60.9 Å². The van der Waals surface area contributed by atoms with Crippen LogP contribution in [-0.2, 0) is 0 Å². The van der Waals surface area contributed by atoms with Gasteiger partial charge in [0.05, 0.1) is 17.8 Å². The van der Waals surface area contributed by atoms with Gasteiger partial charge in [0, 0.05) is 30.3 Å². The molecule has 4 nitrogen and oxygen atoms in total.